The van der Waals surface area contributed by atoms with Gasteiger partial charge in [0.1, 0.15) is 0 Å². The number of ether oxygens (including phenoxy) is 2. The van der Waals surface area contributed by atoms with Gasteiger partial charge in [0, 0.05) is 25.9 Å². The fourth-order valence-electron chi connectivity index (χ4n) is 3.63. The zero-order chi connectivity index (χ0) is 23.9. The molecule has 6 nitrogen and oxygen atoms in total. The van der Waals surface area contributed by atoms with Crippen LogP contribution in [-0.4, -0.2) is 35.7 Å². The highest BCUT2D eigenvalue weighted by atomic mass is 16.6. The van der Waals surface area contributed by atoms with Gasteiger partial charge in [-0.3, -0.25) is 9.59 Å². The van der Waals surface area contributed by atoms with E-state index in [2.05, 4.69) is 11.7 Å². The van der Waals surface area contributed by atoms with Gasteiger partial charge in [-0.05, 0) is 12.8 Å². The standard InChI is InChI=1S/C26H48O6/c1-3-5-6-7-8-9-10-11-12-13-14-15-16-17-18-20-25(29)31-23(21-22-27)26(30)32-24(28)19-4-2/h23,27H,3-22H2,1-2H3. The van der Waals surface area contributed by atoms with Crippen molar-refractivity contribution >= 4 is 17.9 Å². The Bertz CT molecular complexity index is 477. The van der Waals surface area contributed by atoms with Gasteiger partial charge in [-0.25, -0.2) is 4.79 Å². The summed E-state index contributed by atoms with van der Waals surface area (Å²) in [5.74, 6) is -2.03. The van der Waals surface area contributed by atoms with Crippen LogP contribution in [-0.2, 0) is 23.9 Å². The Morgan fingerprint density at radius 2 is 1.09 bits per heavy atom. The normalized spacial score (nSPS) is 11.8. The molecule has 0 saturated carbocycles. The van der Waals surface area contributed by atoms with E-state index in [4.69, 9.17) is 9.84 Å². The van der Waals surface area contributed by atoms with Crippen molar-refractivity contribution in [2.75, 3.05) is 6.61 Å². The molecule has 0 aromatic carbocycles. The summed E-state index contributed by atoms with van der Waals surface area (Å²) in [6, 6.07) is 0. The van der Waals surface area contributed by atoms with Crippen molar-refractivity contribution in [1.82, 2.24) is 0 Å². The van der Waals surface area contributed by atoms with Gasteiger partial charge in [-0.15, -0.1) is 0 Å². The average Bonchev–Trinajstić information content (AvgIpc) is 2.76. The predicted molar refractivity (Wildman–Crippen MR) is 127 cm³/mol. The van der Waals surface area contributed by atoms with Crippen molar-refractivity contribution in [3.05, 3.63) is 0 Å². The summed E-state index contributed by atoms with van der Waals surface area (Å²) in [7, 11) is 0. The lowest BCUT2D eigenvalue weighted by Crippen LogP contribution is -2.31. The molecule has 0 aromatic heterocycles. The van der Waals surface area contributed by atoms with E-state index in [-0.39, 0.29) is 25.9 Å². The van der Waals surface area contributed by atoms with Crippen LogP contribution in [0.15, 0.2) is 0 Å². The Morgan fingerprint density at radius 1 is 0.625 bits per heavy atom. The van der Waals surface area contributed by atoms with Crippen molar-refractivity contribution in [3.8, 4) is 0 Å². The first-order valence-electron chi connectivity index (χ1n) is 13.1. The quantitative estimate of drug-likeness (QED) is 0.115. The van der Waals surface area contributed by atoms with Gasteiger partial charge in [0.2, 0.25) is 6.10 Å². The van der Waals surface area contributed by atoms with E-state index >= 15 is 0 Å². The lowest BCUT2D eigenvalue weighted by Gasteiger charge is -2.15. The van der Waals surface area contributed by atoms with Gasteiger partial charge >= 0.3 is 17.9 Å². The molecule has 1 atom stereocenters. The van der Waals surface area contributed by atoms with E-state index < -0.39 is 24.0 Å². The van der Waals surface area contributed by atoms with Crippen LogP contribution in [0.2, 0.25) is 0 Å². The maximum atomic E-state index is 12.0. The molecule has 188 valence electrons. The molecule has 1 unspecified atom stereocenters. The van der Waals surface area contributed by atoms with Gasteiger partial charge in [0.25, 0.3) is 0 Å². The van der Waals surface area contributed by atoms with Crippen LogP contribution < -0.4 is 0 Å². The van der Waals surface area contributed by atoms with Crippen molar-refractivity contribution in [2.24, 2.45) is 0 Å². The Kier molecular flexibility index (Phi) is 21.7. The molecule has 0 amide bonds. The van der Waals surface area contributed by atoms with E-state index in [9.17, 15) is 14.4 Å². The highest BCUT2D eigenvalue weighted by Crippen LogP contribution is 2.14. The van der Waals surface area contributed by atoms with Crippen molar-refractivity contribution in [2.45, 2.75) is 142 Å². The fourth-order valence-corrected chi connectivity index (χ4v) is 3.63. The summed E-state index contributed by atoms with van der Waals surface area (Å²) >= 11 is 0. The number of hydrogen-bond acceptors (Lipinski definition) is 6. The molecule has 0 radical (unpaired) electrons. The second-order valence-electron chi connectivity index (χ2n) is 8.73. The van der Waals surface area contributed by atoms with E-state index in [1.807, 2.05) is 0 Å². The summed E-state index contributed by atoms with van der Waals surface area (Å²) < 4.78 is 9.80. The number of rotatable bonds is 22. The first-order valence-corrected chi connectivity index (χ1v) is 13.1. The molecular formula is C26H48O6. The maximum Gasteiger partial charge on any atom is 0.355 e. The number of unbranched alkanes of at least 4 members (excludes halogenated alkanes) is 14. The van der Waals surface area contributed by atoms with Crippen LogP contribution >= 0.6 is 0 Å². The van der Waals surface area contributed by atoms with Gasteiger partial charge < -0.3 is 14.6 Å². The van der Waals surface area contributed by atoms with E-state index in [1.54, 1.807) is 6.92 Å². The van der Waals surface area contributed by atoms with E-state index in [0.717, 1.165) is 12.8 Å². The molecule has 0 rings (SSSR count). The number of carbonyl (C=O) groups is 3. The summed E-state index contributed by atoms with van der Waals surface area (Å²) in [4.78, 5) is 35.3. The van der Waals surface area contributed by atoms with Crippen LogP contribution in [0, 0.1) is 0 Å². The zero-order valence-corrected chi connectivity index (χ0v) is 20.7. The van der Waals surface area contributed by atoms with Gasteiger partial charge in [0.05, 0.1) is 0 Å². The minimum Gasteiger partial charge on any atom is -0.450 e. The van der Waals surface area contributed by atoms with Gasteiger partial charge in [-0.2, -0.15) is 0 Å². The lowest BCUT2D eigenvalue weighted by atomic mass is 10.0. The highest BCUT2D eigenvalue weighted by Gasteiger charge is 2.26. The summed E-state index contributed by atoms with van der Waals surface area (Å²) in [6.45, 7) is 3.73. The molecule has 0 aliphatic heterocycles. The van der Waals surface area contributed by atoms with Crippen LogP contribution in [0.5, 0.6) is 0 Å². The fraction of sp³-hybridized carbons (Fsp3) is 0.885. The summed E-state index contributed by atoms with van der Waals surface area (Å²) in [5.41, 5.74) is 0. The molecule has 0 saturated heterocycles. The first kappa shape index (κ1) is 30.6. The SMILES string of the molecule is CCCCCCCCCCCCCCCCCC(=O)OC(CCO)C(=O)OC(=O)CCC. The Morgan fingerprint density at radius 3 is 1.53 bits per heavy atom. The van der Waals surface area contributed by atoms with Crippen LogP contribution in [0.4, 0.5) is 0 Å². The molecule has 0 heterocycles. The Balaban J connectivity index is 3.66. The molecule has 6 heteroatoms. The molecule has 1 N–H and O–H groups in total. The summed E-state index contributed by atoms with van der Waals surface area (Å²) in [5, 5.41) is 9.07. The lowest BCUT2D eigenvalue weighted by molar-refractivity contribution is -0.175. The molecule has 32 heavy (non-hydrogen) atoms. The second-order valence-corrected chi connectivity index (χ2v) is 8.73. The molecular weight excluding hydrogens is 408 g/mol. The maximum absolute atomic E-state index is 12.0. The third kappa shape index (κ3) is 19.3. The van der Waals surface area contributed by atoms with Crippen LogP contribution in [0.1, 0.15) is 136 Å². The van der Waals surface area contributed by atoms with Crippen molar-refractivity contribution in [1.29, 1.82) is 0 Å². The third-order valence-electron chi connectivity index (χ3n) is 5.58. The highest BCUT2D eigenvalue weighted by molar-refractivity contribution is 5.89. The minimum atomic E-state index is -1.22. The molecule has 0 fully saturated rings. The summed E-state index contributed by atoms with van der Waals surface area (Å²) in [6.07, 6.45) is 18.4. The number of carbonyl (C=O) groups excluding carboxylic acids is 3. The Hall–Kier alpha value is -1.43. The smallest absolute Gasteiger partial charge is 0.355 e. The number of aliphatic hydroxyl groups is 1. The molecule has 0 aromatic rings. The molecule has 0 bridgehead atoms. The van der Waals surface area contributed by atoms with Crippen LogP contribution in [0.25, 0.3) is 0 Å². The second kappa shape index (κ2) is 22.8. The monoisotopic (exact) mass is 456 g/mol. The third-order valence-corrected chi connectivity index (χ3v) is 5.58. The van der Waals surface area contributed by atoms with Crippen molar-refractivity contribution in [3.63, 3.8) is 0 Å². The average molecular weight is 457 g/mol. The largest absolute Gasteiger partial charge is 0.450 e. The number of aliphatic hydroxyl groups excluding tert-OH is 1. The molecule has 0 spiro atoms. The van der Waals surface area contributed by atoms with Gasteiger partial charge in [0.15, 0.2) is 0 Å². The zero-order valence-electron chi connectivity index (χ0n) is 20.7. The molecule has 0 aliphatic carbocycles. The predicted octanol–water partition coefficient (Wildman–Crippen LogP) is 6.41. The van der Waals surface area contributed by atoms with Gasteiger partial charge in [-0.1, -0.05) is 104 Å². The minimum absolute atomic E-state index is 0.0666. The van der Waals surface area contributed by atoms with Crippen molar-refractivity contribution < 1.29 is 29.0 Å². The van der Waals surface area contributed by atoms with E-state index in [0.29, 0.717) is 12.8 Å². The number of hydrogen-bond donors (Lipinski definition) is 1. The van der Waals surface area contributed by atoms with Crippen LogP contribution in [0.3, 0.4) is 0 Å². The Labute approximate surface area is 195 Å². The molecule has 0 aliphatic rings. The topological polar surface area (TPSA) is 89.9 Å². The number of esters is 3. The first-order chi connectivity index (χ1) is 15.5. The van der Waals surface area contributed by atoms with E-state index in [1.165, 1.54) is 77.0 Å².